The van der Waals surface area contributed by atoms with Gasteiger partial charge in [0.2, 0.25) is 5.95 Å². The predicted octanol–water partition coefficient (Wildman–Crippen LogP) is 6.16. The van der Waals surface area contributed by atoms with Crippen LogP contribution in [0, 0.1) is 5.82 Å². The number of nitrogens with one attached hydrogen (secondary N) is 2. The smallest absolute Gasteiger partial charge is 0.271 e. The topological polar surface area (TPSA) is 89.0 Å². The van der Waals surface area contributed by atoms with Crippen LogP contribution in [-0.4, -0.2) is 27.4 Å². The molecule has 5 aromatic rings. The molecule has 3 aromatic heterocycles. The molecule has 0 unspecified atom stereocenters. The number of benzene rings is 2. The monoisotopic (exact) mass is 513 g/mol. The zero-order valence-electron chi connectivity index (χ0n) is 20.0. The van der Waals surface area contributed by atoms with Gasteiger partial charge in [-0.1, -0.05) is 30.3 Å². The maximum atomic E-state index is 13.6. The van der Waals surface area contributed by atoms with Gasteiger partial charge >= 0.3 is 0 Å². The van der Waals surface area contributed by atoms with Crippen LogP contribution in [-0.2, 0) is 6.42 Å². The molecule has 0 saturated carbocycles. The first-order chi connectivity index (χ1) is 18.0. The molecule has 7 nitrogen and oxygen atoms in total. The van der Waals surface area contributed by atoms with E-state index in [9.17, 15) is 9.18 Å². The molecule has 37 heavy (non-hydrogen) atoms. The molecule has 0 aliphatic heterocycles. The summed E-state index contributed by atoms with van der Waals surface area (Å²) in [4.78, 5) is 26.0. The largest absolute Gasteiger partial charge is 0.457 e. The molecule has 0 fully saturated rings. The van der Waals surface area contributed by atoms with Crippen molar-refractivity contribution < 1.29 is 13.9 Å². The van der Waals surface area contributed by atoms with Crippen molar-refractivity contribution in [1.82, 2.24) is 20.3 Å². The fourth-order valence-electron chi connectivity index (χ4n) is 3.82. The van der Waals surface area contributed by atoms with Gasteiger partial charge in [-0.05, 0) is 66.2 Å². The number of anilines is 1. The molecule has 0 radical (unpaired) electrons. The average molecular weight is 514 g/mol. The van der Waals surface area contributed by atoms with Gasteiger partial charge in [-0.15, -0.1) is 11.3 Å². The summed E-state index contributed by atoms with van der Waals surface area (Å²) >= 11 is 1.41. The molecule has 1 atom stereocenters. The van der Waals surface area contributed by atoms with Crippen molar-refractivity contribution in [2.24, 2.45) is 0 Å². The Balaban J connectivity index is 1.25. The molecule has 0 aliphatic rings. The summed E-state index contributed by atoms with van der Waals surface area (Å²) in [6.07, 6.45) is 3.36. The molecule has 186 valence electrons. The highest BCUT2D eigenvalue weighted by Gasteiger charge is 2.17. The summed E-state index contributed by atoms with van der Waals surface area (Å²) in [5, 5.41) is 7.99. The number of carbonyl (C=O) groups is 1. The molecule has 2 aromatic carbocycles. The lowest BCUT2D eigenvalue weighted by molar-refractivity contribution is 0.0951. The first-order valence-corrected chi connectivity index (χ1v) is 12.7. The van der Waals surface area contributed by atoms with Gasteiger partial charge in [0.15, 0.2) is 5.69 Å². The number of ether oxygens (including phenoxy) is 1. The minimum Gasteiger partial charge on any atom is -0.457 e. The van der Waals surface area contributed by atoms with Gasteiger partial charge in [0.25, 0.3) is 5.91 Å². The van der Waals surface area contributed by atoms with Crippen LogP contribution in [0.4, 0.5) is 10.3 Å². The molecule has 0 aliphatic carbocycles. The van der Waals surface area contributed by atoms with Crippen LogP contribution < -0.4 is 15.4 Å². The number of hydrogen-bond acceptors (Lipinski definition) is 7. The van der Waals surface area contributed by atoms with Crippen LogP contribution >= 0.6 is 11.3 Å². The molecule has 5 rings (SSSR count). The molecule has 2 N–H and O–H groups in total. The first-order valence-electron chi connectivity index (χ1n) is 11.8. The average Bonchev–Trinajstić information content (AvgIpc) is 3.38. The van der Waals surface area contributed by atoms with Gasteiger partial charge < -0.3 is 15.4 Å². The summed E-state index contributed by atoms with van der Waals surface area (Å²) in [5.74, 6) is 1.10. The van der Waals surface area contributed by atoms with Crippen molar-refractivity contribution in [2.75, 3.05) is 11.9 Å². The van der Waals surface area contributed by atoms with E-state index in [0.717, 1.165) is 23.3 Å². The van der Waals surface area contributed by atoms with E-state index in [1.807, 2.05) is 73.0 Å². The van der Waals surface area contributed by atoms with Gasteiger partial charge in [-0.3, -0.25) is 9.78 Å². The highest BCUT2D eigenvalue weighted by Crippen LogP contribution is 2.26. The first kappa shape index (κ1) is 24.3. The number of para-hydroxylation sites is 1. The summed E-state index contributed by atoms with van der Waals surface area (Å²) in [6, 6.07) is 20.3. The maximum Gasteiger partial charge on any atom is 0.271 e. The number of hydrogen-bond donors (Lipinski definition) is 2. The molecule has 9 heteroatoms. The van der Waals surface area contributed by atoms with E-state index in [1.165, 1.54) is 17.4 Å². The van der Waals surface area contributed by atoms with E-state index in [2.05, 4.69) is 25.6 Å². The van der Waals surface area contributed by atoms with Gasteiger partial charge in [-0.25, -0.2) is 14.4 Å². The zero-order valence-corrected chi connectivity index (χ0v) is 20.8. The summed E-state index contributed by atoms with van der Waals surface area (Å²) in [5.41, 5.74) is 2.66. The Morgan fingerprint density at radius 1 is 1.03 bits per heavy atom. The van der Waals surface area contributed by atoms with Crippen molar-refractivity contribution >= 4 is 33.4 Å². The number of amides is 1. The summed E-state index contributed by atoms with van der Waals surface area (Å²) in [7, 11) is 0. The van der Waals surface area contributed by atoms with E-state index in [-0.39, 0.29) is 11.9 Å². The third-order valence-corrected chi connectivity index (χ3v) is 6.58. The molecule has 0 spiro atoms. The molecule has 0 bridgehead atoms. The molecule has 1 amide bonds. The number of carbonyl (C=O) groups excluding carboxylic acids is 1. The second kappa shape index (κ2) is 11.1. The van der Waals surface area contributed by atoms with Gasteiger partial charge in [-0.2, -0.15) is 0 Å². The lowest BCUT2D eigenvalue weighted by atomic mass is 10.1. The Kier molecular flexibility index (Phi) is 7.32. The van der Waals surface area contributed by atoms with Crippen LogP contribution in [0.15, 0.2) is 84.5 Å². The number of pyridine rings is 1. The van der Waals surface area contributed by atoms with E-state index >= 15 is 0 Å². The fraction of sp³-hybridized carbons (Fsp3) is 0.143. The van der Waals surface area contributed by atoms with E-state index < -0.39 is 5.82 Å². The molecule has 0 saturated heterocycles. The Labute approximate surface area is 217 Å². The number of fused-ring (bicyclic) bond motifs is 1. The van der Waals surface area contributed by atoms with Crippen LogP contribution in [0.3, 0.4) is 0 Å². The number of halogens is 1. The minimum absolute atomic E-state index is 0.283. The van der Waals surface area contributed by atoms with Crippen LogP contribution in [0.25, 0.3) is 10.2 Å². The Morgan fingerprint density at radius 2 is 1.86 bits per heavy atom. The number of rotatable bonds is 9. The Hall–Kier alpha value is -4.37. The van der Waals surface area contributed by atoms with E-state index in [4.69, 9.17) is 4.74 Å². The van der Waals surface area contributed by atoms with Gasteiger partial charge in [0.05, 0.1) is 22.5 Å². The highest BCUT2D eigenvalue weighted by atomic mass is 32.1. The van der Waals surface area contributed by atoms with Crippen LogP contribution in [0.2, 0.25) is 0 Å². The van der Waals surface area contributed by atoms with Crippen LogP contribution in [0.1, 0.15) is 34.6 Å². The van der Waals surface area contributed by atoms with Gasteiger partial charge in [0.1, 0.15) is 17.3 Å². The summed E-state index contributed by atoms with van der Waals surface area (Å²) in [6.45, 7) is 2.28. The lowest BCUT2D eigenvalue weighted by Gasteiger charge is -2.15. The Bertz CT molecular complexity index is 1530. The minimum atomic E-state index is -0.419. The van der Waals surface area contributed by atoms with Crippen LogP contribution in [0.5, 0.6) is 11.5 Å². The molecule has 3 heterocycles. The third kappa shape index (κ3) is 6.07. The van der Waals surface area contributed by atoms with Crippen molar-refractivity contribution in [3.8, 4) is 11.5 Å². The second-order valence-corrected chi connectivity index (χ2v) is 9.32. The predicted molar refractivity (Wildman–Crippen MR) is 143 cm³/mol. The third-order valence-electron chi connectivity index (χ3n) is 5.67. The number of thiophene rings is 1. The fourth-order valence-corrected chi connectivity index (χ4v) is 4.63. The van der Waals surface area contributed by atoms with E-state index in [1.54, 1.807) is 6.20 Å². The quantitative estimate of drug-likeness (QED) is 0.245. The van der Waals surface area contributed by atoms with Crippen molar-refractivity contribution in [1.29, 1.82) is 0 Å². The van der Waals surface area contributed by atoms with Crippen molar-refractivity contribution in [2.45, 2.75) is 19.4 Å². The molecular weight excluding hydrogens is 489 g/mol. The highest BCUT2D eigenvalue weighted by molar-refractivity contribution is 7.17. The van der Waals surface area contributed by atoms with Gasteiger partial charge in [0, 0.05) is 12.7 Å². The molecular formula is C28H24FN5O2S. The normalized spacial score (nSPS) is 11.7. The van der Waals surface area contributed by atoms with Crippen molar-refractivity contribution in [3.63, 3.8) is 0 Å². The second-order valence-electron chi connectivity index (χ2n) is 8.40. The standard InChI is InChI=1S/C28H24FN5O2S/c1-18(20-15-21(29)17-30-16-20)32-28-33-24-11-13-37-26(24)25(34-28)27(35)31-12-10-19-6-5-9-23(14-19)36-22-7-3-2-4-8-22/h2-9,11,13-18H,10,12H2,1H3,(H,31,35)(H,32,33,34)/t18-/m0/s1. The zero-order chi connectivity index (χ0) is 25.6. The lowest BCUT2D eigenvalue weighted by Crippen LogP contribution is -2.27. The van der Waals surface area contributed by atoms with Crippen molar-refractivity contribution in [3.05, 3.63) is 107 Å². The SMILES string of the molecule is C[C@H](Nc1nc(C(=O)NCCc2cccc(Oc3ccccc3)c2)c2sccc2n1)c1cncc(F)c1. The summed E-state index contributed by atoms with van der Waals surface area (Å²) < 4.78 is 20.2. The number of nitrogens with zero attached hydrogens (tertiary/aromatic N) is 3. The number of aromatic nitrogens is 3. The van der Waals surface area contributed by atoms with E-state index in [0.29, 0.717) is 40.4 Å². The Morgan fingerprint density at radius 3 is 2.70 bits per heavy atom. The maximum absolute atomic E-state index is 13.6.